The Balaban J connectivity index is 2.04. The third-order valence-corrected chi connectivity index (χ3v) is 7.64. The van der Waals surface area contributed by atoms with E-state index in [0.717, 1.165) is 31.7 Å². The summed E-state index contributed by atoms with van der Waals surface area (Å²) in [5, 5.41) is 2.94. The molecule has 0 saturated carbocycles. The van der Waals surface area contributed by atoms with Crippen molar-refractivity contribution in [2.45, 2.75) is 45.8 Å². The van der Waals surface area contributed by atoms with Gasteiger partial charge in [-0.2, -0.15) is 0 Å². The molecule has 0 fully saturated rings. The summed E-state index contributed by atoms with van der Waals surface area (Å²) in [5.74, 6) is -0.766. The van der Waals surface area contributed by atoms with E-state index in [1.165, 1.54) is 4.90 Å². The van der Waals surface area contributed by atoms with Gasteiger partial charge in [0.05, 0.1) is 11.9 Å². The molecule has 0 spiro atoms. The number of nitrogens with zero attached hydrogens (tertiary/aromatic N) is 2. The fourth-order valence-electron chi connectivity index (χ4n) is 4.05. The number of aryl methyl sites for hydroxylation is 1. The molecular weight excluding hydrogens is 566 g/mol. The van der Waals surface area contributed by atoms with Crippen LogP contribution in [0.15, 0.2) is 83.3 Å². The molecule has 1 N–H and O–H groups in total. The van der Waals surface area contributed by atoms with Gasteiger partial charge in [0.15, 0.2) is 0 Å². The van der Waals surface area contributed by atoms with Gasteiger partial charge < -0.3 is 10.2 Å². The second-order valence-electron chi connectivity index (χ2n) is 9.62. The average molecular weight is 601 g/mol. The Kier molecular flexibility index (Phi) is 10.1. The van der Waals surface area contributed by atoms with Gasteiger partial charge in [0.1, 0.15) is 12.6 Å². The SMILES string of the molecule is Cc1ccc(CN(C(=O)CN(c2ccc(Br)cc2)S(C)(=O)=O)C(Cc2ccccc2)C(=O)NC(C)C)cc1. The zero-order valence-electron chi connectivity index (χ0n) is 22.1. The van der Waals surface area contributed by atoms with Crippen molar-refractivity contribution < 1.29 is 18.0 Å². The molecule has 0 radical (unpaired) electrons. The van der Waals surface area contributed by atoms with Gasteiger partial charge in [-0.15, -0.1) is 0 Å². The van der Waals surface area contributed by atoms with E-state index in [2.05, 4.69) is 21.2 Å². The lowest BCUT2D eigenvalue weighted by Crippen LogP contribution is -2.54. The van der Waals surface area contributed by atoms with E-state index in [1.54, 1.807) is 24.3 Å². The Morgan fingerprint density at radius 3 is 2.05 bits per heavy atom. The number of carbonyl (C=O) groups is 2. The van der Waals surface area contributed by atoms with Crippen molar-refractivity contribution in [1.29, 1.82) is 0 Å². The van der Waals surface area contributed by atoms with E-state index >= 15 is 0 Å². The number of sulfonamides is 1. The molecule has 9 heteroatoms. The van der Waals surface area contributed by atoms with Gasteiger partial charge >= 0.3 is 0 Å². The van der Waals surface area contributed by atoms with E-state index in [9.17, 15) is 18.0 Å². The highest BCUT2D eigenvalue weighted by Gasteiger charge is 2.33. The standard InChI is InChI=1S/C29H34BrN3O4S/c1-21(2)31-29(35)27(18-23-8-6-5-7-9-23)32(19-24-12-10-22(3)11-13-24)28(34)20-33(38(4,36)37)26-16-14-25(30)15-17-26/h5-17,21,27H,18-20H2,1-4H3,(H,31,35). The second kappa shape index (κ2) is 13.1. The van der Waals surface area contributed by atoms with Crippen molar-refractivity contribution in [2.75, 3.05) is 17.1 Å². The van der Waals surface area contributed by atoms with Crippen LogP contribution in [0.4, 0.5) is 5.69 Å². The smallest absolute Gasteiger partial charge is 0.244 e. The zero-order chi connectivity index (χ0) is 27.9. The molecule has 2 amide bonds. The molecule has 0 saturated heterocycles. The van der Waals surface area contributed by atoms with E-state index < -0.39 is 28.5 Å². The minimum atomic E-state index is -3.79. The average Bonchev–Trinajstić information content (AvgIpc) is 2.86. The predicted octanol–water partition coefficient (Wildman–Crippen LogP) is 4.69. The molecule has 1 unspecified atom stereocenters. The van der Waals surface area contributed by atoms with Crippen molar-refractivity contribution in [3.05, 3.63) is 100 Å². The maximum absolute atomic E-state index is 14.0. The van der Waals surface area contributed by atoms with Crippen molar-refractivity contribution >= 4 is 43.5 Å². The number of halogens is 1. The summed E-state index contributed by atoms with van der Waals surface area (Å²) in [5.41, 5.74) is 3.17. The number of nitrogens with one attached hydrogen (secondary N) is 1. The van der Waals surface area contributed by atoms with Crippen molar-refractivity contribution in [2.24, 2.45) is 0 Å². The summed E-state index contributed by atoms with van der Waals surface area (Å²) in [7, 11) is -3.79. The fourth-order valence-corrected chi connectivity index (χ4v) is 5.16. The first-order chi connectivity index (χ1) is 17.9. The number of anilines is 1. The quantitative estimate of drug-likeness (QED) is 0.346. The van der Waals surface area contributed by atoms with Crippen molar-refractivity contribution in [1.82, 2.24) is 10.2 Å². The van der Waals surface area contributed by atoms with Gasteiger partial charge in [0.2, 0.25) is 21.8 Å². The first kappa shape index (κ1) is 29.4. The molecular formula is C29H34BrN3O4S. The molecule has 7 nitrogen and oxygen atoms in total. The third kappa shape index (κ3) is 8.43. The van der Waals surface area contributed by atoms with Crippen LogP contribution in [0.1, 0.15) is 30.5 Å². The van der Waals surface area contributed by atoms with Crippen LogP contribution in [0.5, 0.6) is 0 Å². The van der Waals surface area contributed by atoms with E-state index in [0.29, 0.717) is 5.69 Å². The minimum absolute atomic E-state index is 0.132. The normalized spacial score (nSPS) is 12.2. The van der Waals surface area contributed by atoms with E-state index in [4.69, 9.17) is 0 Å². The van der Waals surface area contributed by atoms with Crippen LogP contribution in [-0.2, 0) is 32.6 Å². The molecule has 0 aliphatic carbocycles. The molecule has 202 valence electrons. The first-order valence-corrected chi connectivity index (χ1v) is 15.0. The third-order valence-electron chi connectivity index (χ3n) is 5.97. The van der Waals surface area contributed by atoms with Crippen LogP contribution in [0.25, 0.3) is 0 Å². The number of benzene rings is 3. The molecule has 1 atom stereocenters. The Morgan fingerprint density at radius 1 is 0.895 bits per heavy atom. The number of hydrogen-bond donors (Lipinski definition) is 1. The van der Waals surface area contributed by atoms with Gasteiger partial charge in [-0.1, -0.05) is 76.1 Å². The van der Waals surface area contributed by atoms with Gasteiger partial charge in [-0.05, 0) is 56.2 Å². The molecule has 0 aromatic heterocycles. The summed E-state index contributed by atoms with van der Waals surface area (Å²) in [4.78, 5) is 29.0. The molecule has 3 aromatic rings. The van der Waals surface area contributed by atoms with Gasteiger partial charge in [-0.25, -0.2) is 8.42 Å². The minimum Gasteiger partial charge on any atom is -0.352 e. The highest BCUT2D eigenvalue weighted by atomic mass is 79.9. The number of rotatable bonds is 11. The summed E-state index contributed by atoms with van der Waals surface area (Å²) in [6.07, 6.45) is 1.35. The van der Waals surface area contributed by atoms with E-state index in [1.807, 2.05) is 75.4 Å². The maximum atomic E-state index is 14.0. The molecule has 0 bridgehead atoms. The second-order valence-corrected chi connectivity index (χ2v) is 12.4. The lowest BCUT2D eigenvalue weighted by molar-refractivity contribution is -0.140. The van der Waals surface area contributed by atoms with Gasteiger partial charge in [-0.3, -0.25) is 13.9 Å². The Bertz CT molecular complexity index is 1330. The first-order valence-electron chi connectivity index (χ1n) is 12.4. The number of carbonyl (C=O) groups excluding carboxylic acids is 2. The highest BCUT2D eigenvalue weighted by Crippen LogP contribution is 2.22. The van der Waals surface area contributed by atoms with E-state index in [-0.39, 0.29) is 24.9 Å². The molecule has 3 aromatic carbocycles. The predicted molar refractivity (Wildman–Crippen MR) is 155 cm³/mol. The Labute approximate surface area is 234 Å². The monoisotopic (exact) mass is 599 g/mol. The van der Waals surface area contributed by atoms with Crippen LogP contribution < -0.4 is 9.62 Å². The zero-order valence-corrected chi connectivity index (χ0v) is 24.5. The van der Waals surface area contributed by atoms with Crippen molar-refractivity contribution in [3.63, 3.8) is 0 Å². The Hall–Kier alpha value is -3.17. The topological polar surface area (TPSA) is 86.8 Å². The van der Waals surface area contributed by atoms with Crippen molar-refractivity contribution in [3.8, 4) is 0 Å². The molecule has 0 heterocycles. The summed E-state index contributed by atoms with van der Waals surface area (Å²) in [6, 6.07) is 22.9. The molecule has 38 heavy (non-hydrogen) atoms. The van der Waals surface area contributed by atoms with Crippen LogP contribution >= 0.6 is 15.9 Å². The lowest BCUT2D eigenvalue weighted by atomic mass is 10.0. The van der Waals surface area contributed by atoms with Crippen LogP contribution in [0, 0.1) is 6.92 Å². The largest absolute Gasteiger partial charge is 0.352 e. The summed E-state index contributed by atoms with van der Waals surface area (Å²) in [6.45, 7) is 5.42. The maximum Gasteiger partial charge on any atom is 0.244 e. The Morgan fingerprint density at radius 2 is 1.50 bits per heavy atom. The molecule has 3 rings (SSSR count). The summed E-state index contributed by atoms with van der Waals surface area (Å²) < 4.78 is 27.4. The van der Waals surface area contributed by atoms with Crippen LogP contribution in [-0.4, -0.2) is 50.0 Å². The molecule has 0 aliphatic heterocycles. The fraction of sp³-hybridized carbons (Fsp3) is 0.310. The van der Waals surface area contributed by atoms with Gasteiger partial charge in [0, 0.05) is 23.5 Å². The highest BCUT2D eigenvalue weighted by molar-refractivity contribution is 9.10. The van der Waals surface area contributed by atoms with Crippen LogP contribution in [0.2, 0.25) is 0 Å². The molecule has 0 aliphatic rings. The van der Waals surface area contributed by atoms with Crippen LogP contribution in [0.3, 0.4) is 0 Å². The lowest BCUT2D eigenvalue weighted by Gasteiger charge is -2.34. The summed E-state index contributed by atoms with van der Waals surface area (Å²) >= 11 is 3.36. The van der Waals surface area contributed by atoms with Gasteiger partial charge in [0.25, 0.3) is 0 Å². The number of amides is 2. The number of hydrogen-bond acceptors (Lipinski definition) is 4.